The molecule has 46 heavy (non-hydrogen) atoms. The lowest BCUT2D eigenvalue weighted by Gasteiger charge is -2.26. The number of ether oxygens (including phenoxy) is 4. The maximum atomic E-state index is 15.3. The summed E-state index contributed by atoms with van der Waals surface area (Å²) in [4.78, 5) is 34.5. The van der Waals surface area contributed by atoms with Crippen molar-refractivity contribution in [1.29, 1.82) is 0 Å². The highest BCUT2D eigenvalue weighted by atomic mass is 35.5. The van der Waals surface area contributed by atoms with E-state index in [9.17, 15) is 9.59 Å². The zero-order valence-corrected chi connectivity index (χ0v) is 26.3. The molecule has 2 saturated heterocycles. The van der Waals surface area contributed by atoms with Gasteiger partial charge in [0, 0.05) is 61.0 Å². The first kappa shape index (κ1) is 31.7. The van der Waals surface area contributed by atoms with E-state index in [0.717, 1.165) is 39.3 Å². The third kappa shape index (κ3) is 7.25. The summed E-state index contributed by atoms with van der Waals surface area (Å²) in [6.07, 6.45) is 2.79. The number of rotatable bonds is 12. The van der Waals surface area contributed by atoms with Crippen LogP contribution in [-0.4, -0.2) is 74.7 Å². The molecule has 0 bridgehead atoms. The van der Waals surface area contributed by atoms with Crippen LogP contribution in [0.2, 0.25) is 5.02 Å². The predicted octanol–water partition coefficient (Wildman–Crippen LogP) is 6.09. The van der Waals surface area contributed by atoms with Gasteiger partial charge >= 0.3 is 0 Å². The number of aromatic nitrogens is 1. The first-order valence-electron chi connectivity index (χ1n) is 15.3. The third-order valence-corrected chi connectivity index (χ3v) is 8.55. The van der Waals surface area contributed by atoms with Crippen LogP contribution in [0.1, 0.15) is 18.4 Å². The Labute approximate surface area is 271 Å². The lowest BCUT2D eigenvalue weighted by atomic mass is 9.96. The average Bonchev–Trinajstić information content (AvgIpc) is 3.46. The van der Waals surface area contributed by atoms with E-state index in [1.165, 1.54) is 12.1 Å². The van der Waals surface area contributed by atoms with Crippen molar-refractivity contribution in [1.82, 2.24) is 9.88 Å². The number of ketones is 1. The molecule has 3 aromatic carbocycles. The molecule has 6 rings (SSSR count). The molecule has 1 amide bonds. The minimum atomic E-state index is -0.772. The zero-order chi connectivity index (χ0) is 32.0. The Morgan fingerprint density at radius 1 is 1.00 bits per heavy atom. The number of nitrogens with zero attached hydrogens (tertiary/aromatic N) is 3. The number of carbonyl (C=O) groups excluding carboxylic acids is 2. The average molecular weight is 648 g/mol. The molecule has 2 aliphatic rings. The first-order chi connectivity index (χ1) is 22.4. The van der Waals surface area contributed by atoms with Crippen molar-refractivity contribution >= 4 is 39.9 Å². The summed E-state index contributed by atoms with van der Waals surface area (Å²) in [6, 6.07) is 16.5. The summed E-state index contributed by atoms with van der Waals surface area (Å²) in [5, 5.41) is 1.20. The molecular weight excluding hydrogens is 613 g/mol. The van der Waals surface area contributed by atoms with Crippen LogP contribution < -0.4 is 19.1 Å². The van der Waals surface area contributed by atoms with E-state index in [1.807, 2.05) is 0 Å². The molecule has 1 unspecified atom stereocenters. The standard InChI is InChI=1S/C35H35ClFN3O6/c1-43-33-21-27-29(22-34(33)45-16-2-12-39-14-17-44-18-15-39)38-11-9-31(27)46-32-8-3-23(19-28(32)37)20-30(41)26-10-13-40(35(26)42)25-6-4-24(36)5-7-25/h3-9,11,19,21-22,26H,2,10,12-18,20H2,1H3. The molecule has 240 valence electrons. The van der Waals surface area contributed by atoms with Crippen LogP contribution in [0.15, 0.2) is 66.9 Å². The van der Waals surface area contributed by atoms with E-state index in [2.05, 4.69) is 9.88 Å². The molecule has 0 aliphatic carbocycles. The highest BCUT2D eigenvalue weighted by Gasteiger charge is 2.37. The second-order valence-corrected chi connectivity index (χ2v) is 11.7. The number of hydrogen-bond acceptors (Lipinski definition) is 8. The maximum Gasteiger partial charge on any atom is 0.237 e. The lowest BCUT2D eigenvalue weighted by molar-refractivity contribution is -0.130. The molecule has 1 aromatic heterocycles. The van der Waals surface area contributed by atoms with Crippen molar-refractivity contribution in [2.45, 2.75) is 19.3 Å². The van der Waals surface area contributed by atoms with Gasteiger partial charge in [-0.1, -0.05) is 17.7 Å². The fourth-order valence-electron chi connectivity index (χ4n) is 5.82. The number of Topliss-reactive ketones (excluding diaryl/α,β-unsaturated/α-hetero) is 1. The number of amides is 1. The van der Waals surface area contributed by atoms with Gasteiger partial charge in [0.15, 0.2) is 23.1 Å². The van der Waals surface area contributed by atoms with E-state index in [1.54, 1.807) is 66.7 Å². The normalized spacial score (nSPS) is 17.0. The Morgan fingerprint density at radius 2 is 1.80 bits per heavy atom. The number of methoxy groups -OCH3 is 1. The summed E-state index contributed by atoms with van der Waals surface area (Å²) in [7, 11) is 1.56. The van der Waals surface area contributed by atoms with Gasteiger partial charge in [0.2, 0.25) is 5.91 Å². The largest absolute Gasteiger partial charge is 0.493 e. The number of hydrogen-bond donors (Lipinski definition) is 0. The molecule has 9 nitrogen and oxygen atoms in total. The van der Waals surface area contributed by atoms with Crippen LogP contribution in [0.4, 0.5) is 10.1 Å². The molecule has 3 heterocycles. The van der Waals surface area contributed by atoms with E-state index in [4.69, 9.17) is 30.5 Å². The maximum absolute atomic E-state index is 15.3. The number of pyridine rings is 1. The van der Waals surface area contributed by atoms with E-state index in [-0.39, 0.29) is 23.9 Å². The summed E-state index contributed by atoms with van der Waals surface area (Å²) >= 11 is 5.96. The van der Waals surface area contributed by atoms with Crippen LogP contribution in [-0.2, 0) is 20.7 Å². The van der Waals surface area contributed by atoms with Crippen molar-refractivity contribution in [3.8, 4) is 23.0 Å². The minimum absolute atomic E-state index is 0.00281. The van der Waals surface area contributed by atoms with Crippen molar-refractivity contribution in [2.75, 3.05) is 58.0 Å². The Morgan fingerprint density at radius 3 is 2.57 bits per heavy atom. The van der Waals surface area contributed by atoms with Gasteiger partial charge in [0.25, 0.3) is 0 Å². The van der Waals surface area contributed by atoms with Gasteiger partial charge in [-0.2, -0.15) is 0 Å². The third-order valence-electron chi connectivity index (χ3n) is 8.29. The Balaban J connectivity index is 1.10. The van der Waals surface area contributed by atoms with Crippen LogP contribution in [0.5, 0.6) is 23.0 Å². The van der Waals surface area contributed by atoms with Crippen LogP contribution in [0, 0.1) is 11.7 Å². The quantitative estimate of drug-likeness (QED) is 0.135. The second-order valence-electron chi connectivity index (χ2n) is 11.3. The first-order valence-corrected chi connectivity index (χ1v) is 15.7. The fraction of sp³-hybridized carbons (Fsp3) is 0.343. The second kappa shape index (κ2) is 14.5. The molecule has 4 aromatic rings. The van der Waals surface area contributed by atoms with Gasteiger partial charge in [-0.3, -0.25) is 19.5 Å². The van der Waals surface area contributed by atoms with Crippen LogP contribution >= 0.6 is 11.6 Å². The number of carbonyl (C=O) groups is 2. The van der Waals surface area contributed by atoms with Crippen LogP contribution in [0.3, 0.4) is 0 Å². The number of anilines is 1. The SMILES string of the molecule is COc1cc2c(Oc3ccc(CC(=O)C4CCN(c5ccc(Cl)cc5)C4=O)cc3F)ccnc2cc1OCCCN1CCOCC1. The monoisotopic (exact) mass is 647 g/mol. The van der Waals surface area contributed by atoms with Crippen molar-refractivity contribution in [3.05, 3.63) is 83.3 Å². The topological polar surface area (TPSA) is 90.4 Å². The summed E-state index contributed by atoms with van der Waals surface area (Å²) in [5.41, 5.74) is 1.77. The van der Waals surface area contributed by atoms with Gasteiger partial charge in [-0.25, -0.2) is 4.39 Å². The van der Waals surface area contributed by atoms with Gasteiger partial charge in [-0.15, -0.1) is 0 Å². The minimum Gasteiger partial charge on any atom is -0.493 e. The summed E-state index contributed by atoms with van der Waals surface area (Å²) in [6.45, 7) is 5.26. The molecule has 0 saturated carbocycles. The van der Waals surface area contributed by atoms with Gasteiger partial charge < -0.3 is 23.8 Å². The van der Waals surface area contributed by atoms with Crippen molar-refractivity contribution < 1.29 is 32.9 Å². The predicted molar refractivity (Wildman–Crippen MR) is 173 cm³/mol. The number of benzene rings is 3. The highest BCUT2D eigenvalue weighted by molar-refractivity contribution is 6.30. The van der Waals surface area contributed by atoms with E-state index >= 15 is 4.39 Å². The molecule has 0 N–H and O–H groups in total. The molecule has 0 spiro atoms. The molecule has 1 atom stereocenters. The molecule has 11 heteroatoms. The number of fused-ring (bicyclic) bond motifs is 1. The zero-order valence-electron chi connectivity index (χ0n) is 25.5. The Kier molecular flexibility index (Phi) is 9.97. The lowest BCUT2D eigenvalue weighted by Crippen LogP contribution is -2.37. The van der Waals surface area contributed by atoms with Crippen LogP contribution in [0.25, 0.3) is 10.9 Å². The van der Waals surface area contributed by atoms with Crippen molar-refractivity contribution in [3.63, 3.8) is 0 Å². The molecular formula is C35H35ClFN3O6. The van der Waals surface area contributed by atoms with Crippen molar-refractivity contribution in [2.24, 2.45) is 5.92 Å². The smallest absolute Gasteiger partial charge is 0.237 e. The van der Waals surface area contributed by atoms with Gasteiger partial charge in [0.05, 0.1) is 38.4 Å². The van der Waals surface area contributed by atoms with Gasteiger partial charge in [-0.05, 0) is 66.9 Å². The van der Waals surface area contributed by atoms with E-state index in [0.29, 0.717) is 64.0 Å². The summed E-state index contributed by atoms with van der Waals surface area (Å²) < 4.78 is 38.3. The fourth-order valence-corrected chi connectivity index (χ4v) is 5.95. The number of morpholine rings is 1. The van der Waals surface area contributed by atoms with Gasteiger partial charge in [0.1, 0.15) is 11.5 Å². The Bertz CT molecular complexity index is 1710. The number of halogens is 2. The highest BCUT2D eigenvalue weighted by Crippen LogP contribution is 2.38. The van der Waals surface area contributed by atoms with E-state index < -0.39 is 11.7 Å². The molecule has 0 radical (unpaired) electrons. The Hall–Kier alpha value is -4.25. The summed E-state index contributed by atoms with van der Waals surface area (Å²) in [5.74, 6) is -0.425. The molecule has 2 fully saturated rings. The molecule has 2 aliphatic heterocycles.